The van der Waals surface area contributed by atoms with E-state index in [-0.39, 0.29) is 38.8 Å². The number of benzene rings is 1. The zero-order chi connectivity index (χ0) is 31.0. The van der Waals surface area contributed by atoms with Gasteiger partial charge in [0.2, 0.25) is 0 Å². The number of nitrogens with zero attached hydrogens (tertiary/aromatic N) is 1. The predicted molar refractivity (Wildman–Crippen MR) is 169 cm³/mol. The largest absolute Gasteiger partial charge is 0.481 e. The normalized spacial score (nSPS) is 40.9. The van der Waals surface area contributed by atoms with E-state index in [0.717, 1.165) is 63.4 Å². The number of hydrogen-bond donors (Lipinski definition) is 2. The van der Waals surface area contributed by atoms with Crippen LogP contribution in [0.1, 0.15) is 122 Å². The van der Waals surface area contributed by atoms with Gasteiger partial charge >= 0.3 is 5.97 Å². The molecule has 3 saturated carbocycles. The number of aryl methyl sites for hydroxylation is 1. The van der Waals surface area contributed by atoms with Gasteiger partial charge in [0, 0.05) is 11.1 Å². The molecule has 5 aliphatic carbocycles. The van der Waals surface area contributed by atoms with Crippen molar-refractivity contribution in [2.45, 2.75) is 119 Å². The van der Waals surface area contributed by atoms with Crippen molar-refractivity contribution < 1.29 is 14.3 Å². The SMILES string of the molecule is Cc1[nH]nc2c1C[C@]1(C)C3CC(c4cccc(F)c4)=C4[C@@H]5CC(C)(C)CC[C@]5(C(=O)O)CC[C@@]4(C)[C@]3(C)CC[C@H]1C2(C)C. The van der Waals surface area contributed by atoms with E-state index in [2.05, 4.69) is 66.6 Å². The standard InChI is InChI=1S/C38H51FN2O2/c1-22-26-20-35(6)28(34(4,5)31(26)41-40-22)12-13-36(7)29(35)19-25(23-10-9-11-24(39)18-23)30-27-21-33(2,3)14-16-38(27,32(42)43)17-15-37(30,36)8/h9-11,18,27-29H,12-17,19-21H2,1-8H3,(H,40,41)(H,42,43)/t27-,28-,29?,35-,36+,37+,38-/m0/s1. The quantitative estimate of drug-likeness (QED) is 0.369. The molecule has 2 N–H and O–H groups in total. The predicted octanol–water partition coefficient (Wildman–Crippen LogP) is 9.28. The lowest BCUT2D eigenvalue weighted by Gasteiger charge is -2.71. The van der Waals surface area contributed by atoms with E-state index in [9.17, 15) is 9.90 Å². The summed E-state index contributed by atoms with van der Waals surface area (Å²) < 4.78 is 15.0. The fourth-order valence-electron chi connectivity index (χ4n) is 12.2. The lowest BCUT2D eigenvalue weighted by Crippen LogP contribution is -2.65. The summed E-state index contributed by atoms with van der Waals surface area (Å²) >= 11 is 0. The van der Waals surface area contributed by atoms with Crippen LogP contribution in [-0.4, -0.2) is 21.3 Å². The second-order valence-corrected chi connectivity index (χ2v) is 17.5. The molecule has 5 heteroatoms. The Morgan fingerprint density at radius 1 is 1.00 bits per heavy atom. The number of aromatic nitrogens is 2. The highest BCUT2D eigenvalue weighted by atomic mass is 19.1. The fourth-order valence-corrected chi connectivity index (χ4v) is 12.2. The monoisotopic (exact) mass is 586 g/mol. The average molecular weight is 587 g/mol. The number of nitrogens with one attached hydrogen (secondary N) is 1. The number of aromatic amines is 1. The van der Waals surface area contributed by atoms with Crippen molar-refractivity contribution in [3.8, 4) is 0 Å². The molecular formula is C38H51FN2O2. The smallest absolute Gasteiger partial charge is 0.310 e. The van der Waals surface area contributed by atoms with Crippen molar-refractivity contribution in [1.82, 2.24) is 10.2 Å². The molecule has 0 saturated heterocycles. The van der Waals surface area contributed by atoms with Crippen molar-refractivity contribution in [2.24, 2.45) is 44.8 Å². The maximum absolute atomic E-state index is 15.0. The molecule has 7 atom stereocenters. The van der Waals surface area contributed by atoms with Crippen LogP contribution < -0.4 is 0 Å². The Morgan fingerprint density at radius 3 is 2.42 bits per heavy atom. The summed E-state index contributed by atoms with van der Waals surface area (Å²) in [5.41, 5.74) is 6.61. The van der Waals surface area contributed by atoms with Crippen molar-refractivity contribution in [3.05, 3.63) is 58.2 Å². The van der Waals surface area contributed by atoms with Gasteiger partial charge < -0.3 is 5.11 Å². The van der Waals surface area contributed by atoms with Crippen LogP contribution in [0.5, 0.6) is 0 Å². The van der Waals surface area contributed by atoms with Crippen LogP contribution in [0.15, 0.2) is 29.8 Å². The average Bonchev–Trinajstić information content (AvgIpc) is 3.28. The van der Waals surface area contributed by atoms with Crippen LogP contribution in [0, 0.1) is 57.6 Å². The van der Waals surface area contributed by atoms with Crippen LogP contribution in [0.3, 0.4) is 0 Å². The Hall–Kier alpha value is -2.43. The first kappa shape index (κ1) is 29.3. The van der Waals surface area contributed by atoms with Gasteiger partial charge in [0.15, 0.2) is 0 Å². The molecule has 1 aromatic heterocycles. The highest BCUT2D eigenvalue weighted by molar-refractivity contribution is 5.80. The molecule has 0 amide bonds. The molecule has 43 heavy (non-hydrogen) atoms. The first-order chi connectivity index (χ1) is 20.0. The molecule has 1 heterocycles. The zero-order valence-corrected chi connectivity index (χ0v) is 27.6. The molecule has 0 aliphatic heterocycles. The number of rotatable bonds is 2. The van der Waals surface area contributed by atoms with Gasteiger partial charge in [-0.3, -0.25) is 9.89 Å². The van der Waals surface area contributed by atoms with E-state index < -0.39 is 11.4 Å². The first-order valence-corrected chi connectivity index (χ1v) is 16.8. The number of carboxylic acids is 1. The summed E-state index contributed by atoms with van der Waals surface area (Å²) in [6.07, 6.45) is 8.35. The van der Waals surface area contributed by atoms with Gasteiger partial charge in [-0.2, -0.15) is 5.10 Å². The molecule has 2 aromatic rings. The van der Waals surface area contributed by atoms with Gasteiger partial charge in [-0.25, -0.2) is 4.39 Å². The van der Waals surface area contributed by atoms with Crippen LogP contribution in [-0.2, 0) is 16.6 Å². The molecule has 5 aliphatic rings. The molecule has 1 unspecified atom stereocenters. The zero-order valence-electron chi connectivity index (χ0n) is 27.6. The Labute approximate surface area is 257 Å². The van der Waals surface area contributed by atoms with Crippen LogP contribution in [0.4, 0.5) is 4.39 Å². The third-order valence-corrected chi connectivity index (χ3v) is 14.7. The summed E-state index contributed by atoms with van der Waals surface area (Å²) in [5.74, 6) is 0.0136. The molecule has 7 rings (SSSR count). The maximum Gasteiger partial charge on any atom is 0.310 e. The number of hydrogen-bond acceptors (Lipinski definition) is 2. The van der Waals surface area contributed by atoms with Gasteiger partial charge in [-0.1, -0.05) is 66.2 Å². The summed E-state index contributed by atoms with van der Waals surface area (Å²) in [4.78, 5) is 13.3. The minimum Gasteiger partial charge on any atom is -0.481 e. The van der Waals surface area contributed by atoms with E-state index in [1.54, 1.807) is 6.07 Å². The summed E-state index contributed by atoms with van der Waals surface area (Å²) in [6, 6.07) is 7.20. The van der Waals surface area contributed by atoms with Crippen molar-refractivity contribution in [2.75, 3.05) is 0 Å². The number of H-pyrrole nitrogens is 1. The highest BCUT2D eigenvalue weighted by Gasteiger charge is 2.70. The number of allylic oxidation sites excluding steroid dienone is 2. The lowest BCUT2D eigenvalue weighted by molar-refractivity contribution is -0.175. The van der Waals surface area contributed by atoms with Crippen molar-refractivity contribution >= 4 is 11.5 Å². The van der Waals surface area contributed by atoms with Gasteiger partial charge in [0.05, 0.1) is 11.1 Å². The van der Waals surface area contributed by atoms with Gasteiger partial charge in [0.25, 0.3) is 0 Å². The summed E-state index contributed by atoms with van der Waals surface area (Å²) in [5, 5.41) is 19.1. The Bertz CT molecular complexity index is 1550. The highest BCUT2D eigenvalue weighted by Crippen LogP contribution is 2.77. The van der Waals surface area contributed by atoms with E-state index in [1.807, 2.05) is 6.07 Å². The van der Waals surface area contributed by atoms with E-state index in [1.165, 1.54) is 34.2 Å². The number of carbonyl (C=O) groups is 1. The number of aliphatic carboxylic acids is 1. The molecule has 0 spiro atoms. The van der Waals surface area contributed by atoms with Crippen molar-refractivity contribution in [1.29, 1.82) is 0 Å². The van der Waals surface area contributed by atoms with Gasteiger partial charge in [-0.15, -0.1) is 0 Å². The number of carboxylic acid groups (broad SMARTS) is 1. The van der Waals surface area contributed by atoms with Gasteiger partial charge in [0.1, 0.15) is 5.82 Å². The first-order valence-electron chi connectivity index (χ1n) is 16.8. The molecule has 232 valence electrons. The maximum atomic E-state index is 15.0. The minimum atomic E-state index is -0.733. The molecular weight excluding hydrogens is 535 g/mol. The van der Waals surface area contributed by atoms with E-state index in [0.29, 0.717) is 11.8 Å². The van der Waals surface area contributed by atoms with E-state index in [4.69, 9.17) is 5.10 Å². The third kappa shape index (κ3) is 3.66. The number of halogens is 1. The summed E-state index contributed by atoms with van der Waals surface area (Å²) in [7, 11) is 0. The summed E-state index contributed by atoms with van der Waals surface area (Å²) in [6.45, 7) is 19.2. The molecule has 0 radical (unpaired) electrons. The third-order valence-electron chi connectivity index (χ3n) is 14.7. The Morgan fingerprint density at radius 2 is 1.72 bits per heavy atom. The van der Waals surface area contributed by atoms with Crippen molar-refractivity contribution in [3.63, 3.8) is 0 Å². The molecule has 0 bridgehead atoms. The van der Waals surface area contributed by atoms with Crippen LogP contribution in [0.25, 0.3) is 5.57 Å². The van der Waals surface area contributed by atoms with E-state index >= 15 is 4.39 Å². The van der Waals surface area contributed by atoms with Gasteiger partial charge in [-0.05, 0) is 133 Å². The van der Waals surface area contributed by atoms with Crippen LogP contribution >= 0.6 is 0 Å². The Balaban J connectivity index is 1.49. The molecule has 1 aromatic carbocycles. The topological polar surface area (TPSA) is 66.0 Å². The molecule has 4 nitrogen and oxygen atoms in total. The fraction of sp³-hybridized carbons (Fsp3) is 0.684. The Kier molecular flexibility index (Phi) is 6.03. The minimum absolute atomic E-state index is 0.0158. The second kappa shape index (κ2) is 8.85. The molecule has 3 fully saturated rings. The second-order valence-electron chi connectivity index (χ2n) is 17.5. The van der Waals surface area contributed by atoms with Crippen LogP contribution in [0.2, 0.25) is 0 Å². The number of fused-ring (bicyclic) bond motifs is 8. The lowest BCUT2D eigenvalue weighted by atomic mass is 9.32.